The second kappa shape index (κ2) is 9.47. The predicted molar refractivity (Wildman–Crippen MR) is 122 cm³/mol. The topological polar surface area (TPSA) is 51.0 Å². The van der Waals surface area contributed by atoms with E-state index in [0.29, 0.717) is 5.75 Å². The minimum absolute atomic E-state index is 0.192. The molecule has 5 nitrogen and oxygen atoms in total. The molecular formula is C24H28N4OS. The van der Waals surface area contributed by atoms with Crippen LogP contribution in [0.2, 0.25) is 0 Å². The number of thioether (sulfide) groups is 1. The Morgan fingerprint density at radius 3 is 2.37 bits per heavy atom. The van der Waals surface area contributed by atoms with Crippen molar-refractivity contribution in [2.45, 2.75) is 44.7 Å². The van der Waals surface area contributed by atoms with Crippen molar-refractivity contribution >= 4 is 17.7 Å². The van der Waals surface area contributed by atoms with Crippen molar-refractivity contribution in [2.75, 3.05) is 18.8 Å². The predicted octanol–water partition coefficient (Wildman–Crippen LogP) is 5.05. The van der Waals surface area contributed by atoms with Crippen LogP contribution < -0.4 is 0 Å². The SMILES string of the molecule is Cc1ccc(-n2c(SCC(=O)N3CCCCCC3)nnc2-c2ccccc2)cc1C. The first-order valence-corrected chi connectivity index (χ1v) is 11.6. The number of aryl methyl sites for hydroxylation is 2. The van der Waals surface area contributed by atoms with Gasteiger partial charge in [0, 0.05) is 18.7 Å². The number of hydrogen-bond acceptors (Lipinski definition) is 4. The summed E-state index contributed by atoms with van der Waals surface area (Å²) in [6, 6.07) is 16.5. The van der Waals surface area contributed by atoms with Crippen LogP contribution in [-0.2, 0) is 4.79 Å². The van der Waals surface area contributed by atoms with E-state index in [1.54, 1.807) is 0 Å². The number of aromatic nitrogens is 3. The Kier molecular flexibility index (Phi) is 6.53. The molecule has 1 fully saturated rings. The van der Waals surface area contributed by atoms with Gasteiger partial charge in [-0.2, -0.15) is 0 Å². The van der Waals surface area contributed by atoms with E-state index in [2.05, 4.69) is 46.8 Å². The first-order valence-electron chi connectivity index (χ1n) is 10.6. The summed E-state index contributed by atoms with van der Waals surface area (Å²) in [5.74, 6) is 1.37. The maximum absolute atomic E-state index is 12.8. The molecule has 156 valence electrons. The number of carbonyl (C=O) groups excluding carboxylic acids is 1. The number of nitrogens with zero attached hydrogens (tertiary/aromatic N) is 4. The van der Waals surface area contributed by atoms with Crippen LogP contribution in [0, 0.1) is 13.8 Å². The molecule has 1 aliphatic rings. The lowest BCUT2D eigenvalue weighted by molar-refractivity contribution is -0.128. The summed E-state index contributed by atoms with van der Waals surface area (Å²) in [6.07, 6.45) is 4.65. The quantitative estimate of drug-likeness (QED) is 0.542. The summed E-state index contributed by atoms with van der Waals surface area (Å²) in [5, 5.41) is 9.70. The van der Waals surface area contributed by atoms with Crippen LogP contribution in [0.5, 0.6) is 0 Å². The Balaban J connectivity index is 1.63. The Hall–Kier alpha value is -2.60. The van der Waals surface area contributed by atoms with Gasteiger partial charge in [-0.3, -0.25) is 9.36 Å². The molecule has 0 atom stereocenters. The van der Waals surface area contributed by atoms with Crippen molar-refractivity contribution in [3.63, 3.8) is 0 Å². The molecule has 0 aliphatic carbocycles. The second-order valence-electron chi connectivity index (χ2n) is 7.86. The largest absolute Gasteiger partial charge is 0.342 e. The minimum atomic E-state index is 0.192. The van der Waals surface area contributed by atoms with Gasteiger partial charge in [-0.1, -0.05) is 61.0 Å². The molecule has 0 spiro atoms. The smallest absolute Gasteiger partial charge is 0.233 e. The van der Waals surface area contributed by atoms with Crippen LogP contribution in [0.4, 0.5) is 0 Å². The maximum atomic E-state index is 12.8. The normalized spacial score (nSPS) is 14.5. The van der Waals surface area contributed by atoms with E-state index < -0.39 is 0 Å². The van der Waals surface area contributed by atoms with Gasteiger partial charge in [0.1, 0.15) is 0 Å². The van der Waals surface area contributed by atoms with Crippen molar-refractivity contribution in [2.24, 2.45) is 0 Å². The summed E-state index contributed by atoms with van der Waals surface area (Å²) in [6.45, 7) is 5.97. The van der Waals surface area contributed by atoms with E-state index in [4.69, 9.17) is 0 Å². The highest BCUT2D eigenvalue weighted by molar-refractivity contribution is 7.99. The third kappa shape index (κ3) is 4.59. The molecule has 0 N–H and O–H groups in total. The van der Waals surface area contributed by atoms with Crippen LogP contribution in [0.25, 0.3) is 17.1 Å². The molecule has 2 aromatic carbocycles. The average Bonchev–Trinajstić information content (AvgIpc) is 2.99. The molecule has 0 radical (unpaired) electrons. The van der Waals surface area contributed by atoms with Gasteiger partial charge in [0.05, 0.1) is 11.4 Å². The third-order valence-corrected chi connectivity index (χ3v) is 6.61. The van der Waals surface area contributed by atoms with Gasteiger partial charge < -0.3 is 4.90 Å². The van der Waals surface area contributed by atoms with Crippen LogP contribution in [0.1, 0.15) is 36.8 Å². The lowest BCUT2D eigenvalue weighted by Gasteiger charge is -2.20. The molecular weight excluding hydrogens is 392 g/mol. The number of benzene rings is 2. The van der Waals surface area contributed by atoms with E-state index in [0.717, 1.165) is 48.2 Å². The van der Waals surface area contributed by atoms with Gasteiger partial charge in [0.25, 0.3) is 0 Å². The van der Waals surface area contributed by atoms with E-state index in [1.165, 1.54) is 35.7 Å². The summed E-state index contributed by atoms with van der Waals surface area (Å²) >= 11 is 1.47. The van der Waals surface area contributed by atoms with Crippen LogP contribution in [0.15, 0.2) is 53.7 Å². The lowest BCUT2D eigenvalue weighted by atomic mass is 10.1. The van der Waals surface area contributed by atoms with Gasteiger partial charge in [0.15, 0.2) is 11.0 Å². The first kappa shape index (κ1) is 20.7. The number of hydrogen-bond donors (Lipinski definition) is 0. The van der Waals surface area contributed by atoms with Crippen LogP contribution >= 0.6 is 11.8 Å². The second-order valence-corrected chi connectivity index (χ2v) is 8.80. The highest BCUT2D eigenvalue weighted by Gasteiger charge is 2.20. The van der Waals surface area contributed by atoms with Crippen molar-refractivity contribution in [1.82, 2.24) is 19.7 Å². The molecule has 0 bridgehead atoms. The van der Waals surface area contributed by atoms with Gasteiger partial charge in [-0.25, -0.2) is 0 Å². The molecule has 1 aliphatic heterocycles. The molecule has 30 heavy (non-hydrogen) atoms. The molecule has 6 heteroatoms. The molecule has 1 amide bonds. The molecule has 4 rings (SSSR count). The molecule has 1 aromatic heterocycles. The number of amides is 1. The van der Waals surface area contributed by atoms with Gasteiger partial charge >= 0.3 is 0 Å². The van der Waals surface area contributed by atoms with Crippen molar-refractivity contribution < 1.29 is 4.79 Å². The number of carbonyl (C=O) groups is 1. The molecule has 0 unspecified atom stereocenters. The Bertz CT molecular complexity index is 1010. The maximum Gasteiger partial charge on any atom is 0.233 e. The summed E-state index contributed by atoms with van der Waals surface area (Å²) < 4.78 is 2.07. The van der Waals surface area contributed by atoms with Gasteiger partial charge in [-0.05, 0) is 49.9 Å². The van der Waals surface area contributed by atoms with Gasteiger partial charge in [-0.15, -0.1) is 10.2 Å². The Morgan fingerprint density at radius 1 is 0.933 bits per heavy atom. The third-order valence-electron chi connectivity index (χ3n) is 5.70. The Labute approximate surface area is 182 Å². The zero-order chi connectivity index (χ0) is 20.9. The van der Waals surface area contributed by atoms with Crippen molar-refractivity contribution in [3.8, 4) is 17.1 Å². The fourth-order valence-electron chi connectivity index (χ4n) is 3.77. The first-order chi connectivity index (χ1) is 14.6. The molecule has 0 saturated carbocycles. The average molecular weight is 421 g/mol. The molecule has 3 aromatic rings. The van der Waals surface area contributed by atoms with E-state index >= 15 is 0 Å². The summed E-state index contributed by atoms with van der Waals surface area (Å²) in [4.78, 5) is 14.8. The van der Waals surface area contributed by atoms with Crippen molar-refractivity contribution in [1.29, 1.82) is 0 Å². The minimum Gasteiger partial charge on any atom is -0.342 e. The standard InChI is InChI=1S/C24H28N4OS/c1-18-12-13-21(16-19(18)2)28-23(20-10-6-5-7-11-20)25-26-24(28)30-17-22(29)27-14-8-3-4-9-15-27/h5-7,10-13,16H,3-4,8-9,14-15,17H2,1-2H3. The lowest BCUT2D eigenvalue weighted by Crippen LogP contribution is -2.33. The van der Waals surface area contributed by atoms with Gasteiger partial charge in [0.2, 0.25) is 5.91 Å². The fraction of sp³-hybridized carbons (Fsp3) is 0.375. The zero-order valence-corrected chi connectivity index (χ0v) is 18.5. The van der Waals surface area contributed by atoms with E-state index in [9.17, 15) is 4.79 Å². The Morgan fingerprint density at radius 2 is 1.67 bits per heavy atom. The van der Waals surface area contributed by atoms with E-state index in [-0.39, 0.29) is 5.91 Å². The molecule has 1 saturated heterocycles. The molecule has 2 heterocycles. The summed E-state index contributed by atoms with van der Waals surface area (Å²) in [7, 11) is 0. The fourth-order valence-corrected chi connectivity index (χ4v) is 4.63. The monoisotopic (exact) mass is 420 g/mol. The van der Waals surface area contributed by atoms with Crippen LogP contribution in [-0.4, -0.2) is 44.4 Å². The number of rotatable bonds is 5. The highest BCUT2D eigenvalue weighted by Crippen LogP contribution is 2.29. The zero-order valence-electron chi connectivity index (χ0n) is 17.7. The number of likely N-dealkylation sites (tertiary alicyclic amines) is 1. The summed E-state index contributed by atoms with van der Waals surface area (Å²) in [5.41, 5.74) is 4.50. The van der Waals surface area contributed by atoms with Crippen LogP contribution in [0.3, 0.4) is 0 Å². The highest BCUT2D eigenvalue weighted by atomic mass is 32.2. The van der Waals surface area contributed by atoms with Crippen molar-refractivity contribution in [3.05, 3.63) is 59.7 Å². The van der Waals surface area contributed by atoms with E-state index in [1.807, 2.05) is 35.2 Å².